The lowest BCUT2D eigenvalue weighted by atomic mass is 10.1. The first kappa shape index (κ1) is 15.0. The molecule has 2 aromatic heterocycles. The maximum Gasteiger partial charge on any atom is 0.303 e. The Hall–Kier alpha value is -2.95. The fourth-order valence-corrected chi connectivity index (χ4v) is 2.46. The standard InChI is InChI=1S/C18H17N3O2/c1-12-10-14-8-9-19-11-16(14)18(20-12)21-15-5-2-13(3-6-15)4-7-17(22)23/h2-3,5-6,8-11H,4,7H2,1H3,(H,20,21)(H,22,23). The summed E-state index contributed by atoms with van der Waals surface area (Å²) in [6.45, 7) is 1.96. The molecular weight excluding hydrogens is 290 g/mol. The van der Waals surface area contributed by atoms with Gasteiger partial charge in [-0.1, -0.05) is 12.1 Å². The smallest absolute Gasteiger partial charge is 0.303 e. The number of carboxylic acids is 1. The van der Waals surface area contributed by atoms with Crippen LogP contribution >= 0.6 is 0 Å². The Bertz CT molecular complexity index is 845. The minimum Gasteiger partial charge on any atom is -0.481 e. The van der Waals surface area contributed by atoms with Gasteiger partial charge in [-0.15, -0.1) is 0 Å². The highest BCUT2D eigenvalue weighted by Crippen LogP contribution is 2.25. The normalized spacial score (nSPS) is 10.7. The maximum atomic E-state index is 10.6. The van der Waals surface area contributed by atoms with Crippen molar-refractivity contribution in [2.24, 2.45) is 0 Å². The molecule has 2 heterocycles. The Morgan fingerprint density at radius 1 is 1.22 bits per heavy atom. The molecular formula is C18H17N3O2. The quantitative estimate of drug-likeness (QED) is 0.751. The average molecular weight is 307 g/mol. The van der Waals surface area contributed by atoms with Gasteiger partial charge in [0.1, 0.15) is 5.82 Å². The number of aliphatic carboxylic acids is 1. The molecule has 0 atom stereocenters. The number of hydrogen-bond acceptors (Lipinski definition) is 4. The van der Waals surface area contributed by atoms with Crippen LogP contribution in [-0.2, 0) is 11.2 Å². The number of benzene rings is 1. The van der Waals surface area contributed by atoms with Crippen molar-refractivity contribution >= 4 is 28.2 Å². The summed E-state index contributed by atoms with van der Waals surface area (Å²) in [5, 5.41) is 14.1. The van der Waals surface area contributed by atoms with Crippen molar-refractivity contribution in [3.63, 3.8) is 0 Å². The summed E-state index contributed by atoms with van der Waals surface area (Å²) in [5.41, 5.74) is 2.85. The van der Waals surface area contributed by atoms with E-state index < -0.39 is 5.97 Å². The second-order valence-corrected chi connectivity index (χ2v) is 5.42. The van der Waals surface area contributed by atoms with E-state index in [-0.39, 0.29) is 6.42 Å². The molecule has 0 saturated heterocycles. The summed E-state index contributed by atoms with van der Waals surface area (Å²) < 4.78 is 0. The van der Waals surface area contributed by atoms with Crippen LogP contribution < -0.4 is 5.32 Å². The van der Waals surface area contributed by atoms with Crippen LogP contribution in [0.2, 0.25) is 0 Å². The summed E-state index contributed by atoms with van der Waals surface area (Å²) in [6.07, 6.45) is 4.24. The van der Waals surface area contributed by atoms with Crippen LogP contribution in [0, 0.1) is 6.92 Å². The number of pyridine rings is 2. The molecule has 0 radical (unpaired) electrons. The van der Waals surface area contributed by atoms with Gasteiger partial charge in [0, 0.05) is 35.6 Å². The molecule has 0 aliphatic rings. The number of carboxylic acid groups (broad SMARTS) is 1. The molecule has 2 N–H and O–H groups in total. The summed E-state index contributed by atoms with van der Waals surface area (Å²) >= 11 is 0. The van der Waals surface area contributed by atoms with Crippen molar-refractivity contribution in [3.8, 4) is 0 Å². The predicted octanol–water partition coefficient (Wildman–Crippen LogP) is 3.70. The van der Waals surface area contributed by atoms with Gasteiger partial charge in [-0.3, -0.25) is 9.78 Å². The molecule has 0 amide bonds. The van der Waals surface area contributed by atoms with Crippen molar-refractivity contribution in [2.75, 3.05) is 5.32 Å². The van der Waals surface area contributed by atoms with E-state index in [1.807, 2.05) is 43.3 Å². The number of rotatable bonds is 5. The minimum atomic E-state index is -0.782. The van der Waals surface area contributed by atoms with E-state index in [2.05, 4.69) is 15.3 Å². The van der Waals surface area contributed by atoms with Crippen molar-refractivity contribution in [1.82, 2.24) is 9.97 Å². The molecule has 3 rings (SSSR count). The molecule has 0 fully saturated rings. The molecule has 0 saturated carbocycles. The number of carbonyl (C=O) groups is 1. The molecule has 0 unspecified atom stereocenters. The first-order chi connectivity index (χ1) is 11.1. The average Bonchev–Trinajstić information content (AvgIpc) is 2.54. The van der Waals surface area contributed by atoms with Crippen molar-refractivity contribution in [2.45, 2.75) is 19.8 Å². The zero-order valence-electron chi connectivity index (χ0n) is 12.8. The van der Waals surface area contributed by atoms with Gasteiger partial charge in [0.05, 0.1) is 0 Å². The number of nitrogens with one attached hydrogen (secondary N) is 1. The summed E-state index contributed by atoms with van der Waals surface area (Å²) in [7, 11) is 0. The molecule has 23 heavy (non-hydrogen) atoms. The minimum absolute atomic E-state index is 0.141. The van der Waals surface area contributed by atoms with Gasteiger partial charge in [-0.25, -0.2) is 4.98 Å². The van der Waals surface area contributed by atoms with Crippen molar-refractivity contribution in [1.29, 1.82) is 0 Å². The Morgan fingerprint density at radius 3 is 2.74 bits per heavy atom. The largest absolute Gasteiger partial charge is 0.481 e. The van der Waals surface area contributed by atoms with Crippen LogP contribution in [0.15, 0.2) is 48.8 Å². The van der Waals surface area contributed by atoms with Gasteiger partial charge < -0.3 is 10.4 Å². The lowest BCUT2D eigenvalue weighted by molar-refractivity contribution is -0.136. The molecule has 1 aromatic carbocycles. The molecule has 5 heteroatoms. The SMILES string of the molecule is Cc1cc2ccncc2c(Nc2ccc(CCC(=O)O)cc2)n1. The second-order valence-electron chi connectivity index (χ2n) is 5.42. The van der Waals surface area contributed by atoms with Crippen LogP contribution in [0.25, 0.3) is 10.8 Å². The van der Waals surface area contributed by atoms with E-state index in [9.17, 15) is 4.79 Å². The van der Waals surface area contributed by atoms with E-state index in [0.29, 0.717) is 6.42 Å². The number of aryl methyl sites for hydroxylation is 2. The molecule has 3 aromatic rings. The molecule has 116 valence electrons. The molecule has 0 bridgehead atoms. The number of hydrogen-bond donors (Lipinski definition) is 2. The highest BCUT2D eigenvalue weighted by Gasteiger charge is 2.05. The lowest BCUT2D eigenvalue weighted by Crippen LogP contribution is -1.99. The fourth-order valence-electron chi connectivity index (χ4n) is 2.46. The number of anilines is 2. The van der Waals surface area contributed by atoms with Crippen LogP contribution in [0.3, 0.4) is 0 Å². The highest BCUT2D eigenvalue weighted by atomic mass is 16.4. The van der Waals surface area contributed by atoms with E-state index in [4.69, 9.17) is 5.11 Å². The van der Waals surface area contributed by atoms with Crippen molar-refractivity contribution < 1.29 is 9.90 Å². The topological polar surface area (TPSA) is 75.1 Å². The highest BCUT2D eigenvalue weighted by molar-refractivity contribution is 5.92. The van der Waals surface area contributed by atoms with E-state index in [1.165, 1.54) is 0 Å². The third-order valence-corrected chi connectivity index (χ3v) is 3.61. The second kappa shape index (κ2) is 6.44. The first-order valence-corrected chi connectivity index (χ1v) is 7.41. The third kappa shape index (κ3) is 3.63. The van der Waals surface area contributed by atoms with E-state index >= 15 is 0 Å². The van der Waals surface area contributed by atoms with Gasteiger partial charge in [0.25, 0.3) is 0 Å². The van der Waals surface area contributed by atoms with E-state index in [1.54, 1.807) is 12.4 Å². The van der Waals surface area contributed by atoms with Crippen molar-refractivity contribution in [3.05, 3.63) is 60.0 Å². The molecule has 0 aliphatic heterocycles. The van der Waals surface area contributed by atoms with Gasteiger partial charge in [0.2, 0.25) is 0 Å². The lowest BCUT2D eigenvalue weighted by Gasteiger charge is -2.10. The number of aromatic nitrogens is 2. The Kier molecular flexibility index (Phi) is 4.19. The summed E-state index contributed by atoms with van der Waals surface area (Å²) in [4.78, 5) is 19.3. The maximum absolute atomic E-state index is 10.6. The van der Waals surface area contributed by atoms with Crippen LogP contribution in [0.5, 0.6) is 0 Å². The molecule has 0 aliphatic carbocycles. The third-order valence-electron chi connectivity index (χ3n) is 3.61. The first-order valence-electron chi connectivity index (χ1n) is 7.41. The number of nitrogens with zero attached hydrogens (tertiary/aromatic N) is 2. The Balaban J connectivity index is 1.83. The van der Waals surface area contributed by atoms with Crippen LogP contribution in [0.1, 0.15) is 17.7 Å². The van der Waals surface area contributed by atoms with E-state index in [0.717, 1.165) is 33.5 Å². The zero-order valence-corrected chi connectivity index (χ0v) is 12.8. The summed E-state index contributed by atoms with van der Waals surface area (Å²) in [5.74, 6) is -0.0125. The Labute approximate surface area is 134 Å². The molecule has 5 nitrogen and oxygen atoms in total. The van der Waals surface area contributed by atoms with Gasteiger partial charge in [-0.05, 0) is 48.6 Å². The van der Waals surface area contributed by atoms with Gasteiger partial charge >= 0.3 is 5.97 Å². The Morgan fingerprint density at radius 2 is 2.00 bits per heavy atom. The van der Waals surface area contributed by atoms with Crippen LogP contribution in [0.4, 0.5) is 11.5 Å². The fraction of sp³-hybridized carbons (Fsp3) is 0.167. The molecule has 0 spiro atoms. The van der Waals surface area contributed by atoms with Gasteiger partial charge in [0.15, 0.2) is 0 Å². The van der Waals surface area contributed by atoms with Gasteiger partial charge in [-0.2, -0.15) is 0 Å². The predicted molar refractivity (Wildman–Crippen MR) is 90.0 cm³/mol. The van der Waals surface area contributed by atoms with Crippen LogP contribution in [-0.4, -0.2) is 21.0 Å². The monoisotopic (exact) mass is 307 g/mol. The number of fused-ring (bicyclic) bond motifs is 1. The zero-order chi connectivity index (χ0) is 16.2. The summed E-state index contributed by atoms with van der Waals surface area (Å²) in [6, 6.07) is 11.7.